The molecule has 1 unspecified atom stereocenters. The third-order valence-electron chi connectivity index (χ3n) is 4.16. The van der Waals surface area contributed by atoms with E-state index >= 15 is 0 Å². The Kier molecular flexibility index (Phi) is 6.95. The molecule has 0 saturated heterocycles. The van der Waals surface area contributed by atoms with Gasteiger partial charge in [0.2, 0.25) is 0 Å². The van der Waals surface area contributed by atoms with Crippen LogP contribution in [0.2, 0.25) is 0 Å². The monoisotopic (exact) mass is 373 g/mol. The molecule has 3 rings (SSSR count). The summed E-state index contributed by atoms with van der Waals surface area (Å²) >= 11 is 0. The number of benzene rings is 2. The second kappa shape index (κ2) is 9.84. The number of para-hydroxylation sites is 1. The lowest BCUT2D eigenvalue weighted by Gasteiger charge is -2.13. The van der Waals surface area contributed by atoms with E-state index in [9.17, 15) is 0 Å². The average Bonchev–Trinajstić information content (AvgIpc) is 2.73. The fraction of sp³-hybridized carbons (Fsp3) is 0.120. The molecule has 27 heavy (non-hydrogen) atoms. The van der Waals surface area contributed by atoms with Gasteiger partial charge in [0.1, 0.15) is 16.4 Å². The topological polar surface area (TPSA) is 9.23 Å². The van der Waals surface area contributed by atoms with Gasteiger partial charge in [-0.2, -0.15) is 0 Å². The van der Waals surface area contributed by atoms with Crippen LogP contribution in [0.3, 0.4) is 0 Å². The lowest BCUT2D eigenvalue weighted by atomic mass is 10.2. The average molecular weight is 374 g/mol. The summed E-state index contributed by atoms with van der Waals surface area (Å²) in [6, 6.07) is 20.5. The van der Waals surface area contributed by atoms with Gasteiger partial charge in [0.05, 0.1) is 10.9 Å². The van der Waals surface area contributed by atoms with E-state index in [-0.39, 0.29) is 10.9 Å². The zero-order valence-electron chi connectivity index (χ0n) is 15.7. The Balaban J connectivity index is 1.90. The van der Waals surface area contributed by atoms with E-state index < -0.39 is 0 Å². The first-order valence-electron chi connectivity index (χ1n) is 9.17. The molecule has 0 aromatic heterocycles. The van der Waals surface area contributed by atoms with Gasteiger partial charge >= 0.3 is 0 Å². The second-order valence-electron chi connectivity index (χ2n) is 6.18. The molecule has 1 aliphatic rings. The molecule has 2 aromatic rings. The van der Waals surface area contributed by atoms with Crippen molar-refractivity contribution in [2.75, 3.05) is 0 Å². The fourth-order valence-corrected chi connectivity index (χ4v) is 5.09. The predicted octanol–water partition coefficient (Wildman–Crippen LogP) is 6.95. The first-order chi connectivity index (χ1) is 13.3. The first-order valence-corrected chi connectivity index (χ1v) is 10.4. The Morgan fingerprint density at radius 1 is 1.00 bits per heavy atom. The lowest BCUT2D eigenvalue weighted by molar-refractivity contribution is 0.428. The molecular weight excluding hydrogens is 348 g/mol. The molecule has 1 aliphatic carbocycles. The minimum atomic E-state index is -0.122. The predicted molar refractivity (Wildman–Crippen MR) is 118 cm³/mol. The molecule has 1 nitrogen and oxygen atoms in total. The quantitative estimate of drug-likeness (QED) is 0.290. The second-order valence-corrected chi connectivity index (χ2v) is 8.26. The molecule has 0 amide bonds. The fourth-order valence-electron chi connectivity index (χ4n) is 2.87. The van der Waals surface area contributed by atoms with Gasteiger partial charge in [0, 0.05) is 6.42 Å². The summed E-state index contributed by atoms with van der Waals surface area (Å²) in [6.07, 6.45) is 15.0. The molecule has 136 valence electrons. The van der Waals surface area contributed by atoms with Crippen molar-refractivity contribution < 1.29 is 4.74 Å². The maximum atomic E-state index is 5.90. The molecule has 0 spiro atoms. The van der Waals surface area contributed by atoms with E-state index in [1.54, 1.807) is 0 Å². The molecule has 0 saturated carbocycles. The van der Waals surface area contributed by atoms with Crippen LogP contribution in [-0.4, -0.2) is 0 Å². The Morgan fingerprint density at radius 3 is 2.33 bits per heavy atom. The molecule has 2 aromatic carbocycles. The van der Waals surface area contributed by atoms with Gasteiger partial charge in [-0.3, -0.25) is 0 Å². The first kappa shape index (κ1) is 19.1. The van der Waals surface area contributed by atoms with Crippen LogP contribution in [0, 0.1) is 0 Å². The molecule has 0 N–H and O–H groups in total. The highest BCUT2D eigenvalue weighted by atomic mass is 32.2. The number of hydrogen-bond donors (Lipinski definition) is 0. The van der Waals surface area contributed by atoms with E-state index in [0.717, 1.165) is 24.4 Å². The van der Waals surface area contributed by atoms with Crippen molar-refractivity contribution in [2.45, 2.75) is 24.7 Å². The van der Waals surface area contributed by atoms with Crippen LogP contribution < -0.4 is 4.74 Å². The van der Waals surface area contributed by atoms with Crippen LogP contribution in [0.1, 0.15) is 19.8 Å². The largest absolute Gasteiger partial charge is 0.462 e. The molecule has 0 fully saturated rings. The van der Waals surface area contributed by atoms with Crippen molar-refractivity contribution in [1.29, 1.82) is 0 Å². The van der Waals surface area contributed by atoms with Gasteiger partial charge in [-0.05, 0) is 61.9 Å². The summed E-state index contributed by atoms with van der Waals surface area (Å²) in [5, 5.41) is 0. The molecular formula is C25H25OS+. The molecule has 1 atom stereocenters. The van der Waals surface area contributed by atoms with Gasteiger partial charge in [-0.15, -0.1) is 0 Å². The van der Waals surface area contributed by atoms with E-state index in [1.165, 1.54) is 14.7 Å². The third kappa shape index (κ3) is 5.38. The standard InChI is InChI=1S/C25H25OS/c1-3-23(20-19-21(2)26-22-13-7-4-8-14-22)27(24-15-9-5-10-16-24)25-17-11-6-12-18-25/h3-11,13-17,19-20H,1,12,18H2,2H3/q+1/b21-19+,23-20+. The van der Waals surface area contributed by atoms with Crippen LogP contribution in [0.4, 0.5) is 0 Å². The van der Waals surface area contributed by atoms with Crippen LogP contribution in [-0.2, 0) is 10.9 Å². The maximum Gasteiger partial charge on any atom is 0.166 e. The molecule has 0 bridgehead atoms. The van der Waals surface area contributed by atoms with Gasteiger partial charge in [0.15, 0.2) is 9.80 Å². The number of hydrogen-bond acceptors (Lipinski definition) is 1. The Labute approximate surface area is 165 Å². The Bertz CT molecular complexity index is 873. The Morgan fingerprint density at radius 2 is 1.70 bits per heavy atom. The van der Waals surface area contributed by atoms with Gasteiger partial charge in [0.25, 0.3) is 0 Å². The highest BCUT2D eigenvalue weighted by molar-refractivity contribution is 8.04. The number of ether oxygens (including phenoxy) is 1. The van der Waals surface area contributed by atoms with Crippen molar-refractivity contribution >= 4 is 10.9 Å². The van der Waals surface area contributed by atoms with Crippen molar-refractivity contribution in [3.8, 4) is 5.75 Å². The van der Waals surface area contributed by atoms with Gasteiger partial charge in [-0.25, -0.2) is 0 Å². The third-order valence-corrected chi connectivity index (χ3v) is 6.54. The van der Waals surface area contributed by atoms with Crippen LogP contribution in [0.15, 0.2) is 124 Å². The van der Waals surface area contributed by atoms with Crippen LogP contribution >= 0.6 is 0 Å². The van der Waals surface area contributed by atoms with Crippen LogP contribution in [0.25, 0.3) is 0 Å². The SMILES string of the molecule is C=C/C(=C\C=C(/C)Oc1ccccc1)[S+](C1=CC=CCC1)c1ccccc1. The molecule has 0 aliphatic heterocycles. The van der Waals surface area contributed by atoms with Gasteiger partial charge < -0.3 is 4.74 Å². The van der Waals surface area contributed by atoms with Crippen molar-refractivity contribution in [3.63, 3.8) is 0 Å². The maximum absolute atomic E-state index is 5.90. The van der Waals surface area contributed by atoms with E-state index in [0.29, 0.717) is 0 Å². The highest BCUT2D eigenvalue weighted by Crippen LogP contribution is 2.34. The number of rotatable bonds is 7. The smallest absolute Gasteiger partial charge is 0.166 e. The van der Waals surface area contributed by atoms with Crippen LogP contribution in [0.5, 0.6) is 5.75 Å². The molecule has 2 heteroatoms. The van der Waals surface area contributed by atoms with Crippen molar-refractivity contribution in [1.82, 2.24) is 0 Å². The summed E-state index contributed by atoms with van der Waals surface area (Å²) in [5.41, 5.74) is 0. The van der Waals surface area contributed by atoms with E-state index in [1.807, 2.05) is 49.4 Å². The minimum Gasteiger partial charge on any atom is -0.462 e. The Hall–Kier alpha value is -2.71. The summed E-state index contributed by atoms with van der Waals surface area (Å²) in [4.78, 5) is 3.98. The van der Waals surface area contributed by atoms with E-state index in [2.05, 4.69) is 61.2 Å². The summed E-state index contributed by atoms with van der Waals surface area (Å²) in [7, 11) is -0.122. The highest BCUT2D eigenvalue weighted by Gasteiger charge is 2.31. The summed E-state index contributed by atoms with van der Waals surface area (Å²) in [5.74, 6) is 1.71. The lowest BCUT2D eigenvalue weighted by Crippen LogP contribution is -2.09. The summed E-state index contributed by atoms with van der Waals surface area (Å²) in [6.45, 7) is 6.07. The minimum absolute atomic E-state index is 0.122. The van der Waals surface area contributed by atoms with Gasteiger partial charge in [-0.1, -0.05) is 55.1 Å². The molecule has 0 radical (unpaired) electrons. The van der Waals surface area contributed by atoms with Crippen molar-refractivity contribution in [2.24, 2.45) is 0 Å². The summed E-state index contributed by atoms with van der Waals surface area (Å²) < 4.78 is 5.90. The van der Waals surface area contributed by atoms with Crippen molar-refractivity contribution in [3.05, 3.63) is 119 Å². The zero-order chi connectivity index (χ0) is 18.9. The zero-order valence-corrected chi connectivity index (χ0v) is 16.5. The normalized spacial score (nSPS) is 15.8. The number of allylic oxidation sites excluding steroid dienone is 8. The molecule has 0 heterocycles. The van der Waals surface area contributed by atoms with E-state index in [4.69, 9.17) is 4.74 Å².